The molecule has 6 heteroatoms. The molecule has 0 aliphatic carbocycles. The molecule has 0 amide bonds. The second-order valence-electron chi connectivity index (χ2n) is 5.94. The minimum absolute atomic E-state index is 0.371. The quantitative estimate of drug-likeness (QED) is 0.509. The molecule has 0 aromatic heterocycles. The number of quaternary nitrogens is 2. The molecule has 3 N–H and O–H groups in total. The van der Waals surface area contributed by atoms with Gasteiger partial charge in [-0.3, -0.25) is 0 Å². The third kappa shape index (κ3) is 6.50. The molecule has 1 aromatic rings. The van der Waals surface area contributed by atoms with Gasteiger partial charge in [0, 0.05) is 5.02 Å². The van der Waals surface area contributed by atoms with Crippen molar-refractivity contribution in [3.63, 3.8) is 0 Å². The molecule has 0 unspecified atom stereocenters. The number of aliphatic hydroxyl groups is 1. The number of rotatable bonds is 8. The first-order valence-corrected chi connectivity index (χ1v) is 8.30. The zero-order valence-corrected chi connectivity index (χ0v) is 13.9. The lowest BCUT2D eigenvalue weighted by Crippen LogP contribution is -3.27. The summed E-state index contributed by atoms with van der Waals surface area (Å²) in [5.74, 6) is 0.776. The SMILES string of the molecule is C[NH+]1CC[NH+](C[C@H](O)COCCOc2ccc(Cl)cc2)CC1. The minimum Gasteiger partial charge on any atom is -0.491 e. The van der Waals surface area contributed by atoms with Gasteiger partial charge in [-0.1, -0.05) is 11.6 Å². The van der Waals surface area contributed by atoms with Crippen LogP contribution in [0.3, 0.4) is 0 Å². The van der Waals surface area contributed by atoms with Crippen molar-refractivity contribution in [3.05, 3.63) is 29.3 Å². The van der Waals surface area contributed by atoms with Crippen LogP contribution < -0.4 is 14.5 Å². The highest BCUT2D eigenvalue weighted by Crippen LogP contribution is 2.15. The van der Waals surface area contributed by atoms with E-state index in [4.69, 9.17) is 21.1 Å². The summed E-state index contributed by atoms with van der Waals surface area (Å²) < 4.78 is 11.0. The van der Waals surface area contributed by atoms with Crippen molar-refractivity contribution in [2.75, 3.05) is 59.6 Å². The second-order valence-corrected chi connectivity index (χ2v) is 6.38. The predicted molar refractivity (Wildman–Crippen MR) is 86.0 cm³/mol. The lowest BCUT2D eigenvalue weighted by Gasteiger charge is -2.28. The molecule has 1 aromatic carbocycles. The molecular formula is C16H27ClN2O3+2. The third-order valence-corrected chi connectivity index (χ3v) is 4.21. The number of halogens is 1. The van der Waals surface area contributed by atoms with Gasteiger partial charge in [-0.2, -0.15) is 0 Å². The Morgan fingerprint density at radius 1 is 1.14 bits per heavy atom. The monoisotopic (exact) mass is 330 g/mol. The summed E-state index contributed by atoms with van der Waals surface area (Å²) in [5, 5.41) is 10.7. The zero-order chi connectivity index (χ0) is 15.8. The fourth-order valence-electron chi connectivity index (χ4n) is 2.60. The van der Waals surface area contributed by atoms with Crippen molar-refractivity contribution < 1.29 is 24.4 Å². The highest BCUT2D eigenvalue weighted by atomic mass is 35.5. The summed E-state index contributed by atoms with van der Waals surface area (Å²) in [6.07, 6.45) is -0.399. The van der Waals surface area contributed by atoms with E-state index in [9.17, 15) is 5.11 Å². The number of ether oxygens (including phenoxy) is 2. The van der Waals surface area contributed by atoms with Crippen molar-refractivity contribution in [3.8, 4) is 5.75 Å². The number of nitrogens with one attached hydrogen (secondary N) is 2. The Hall–Kier alpha value is -0.850. The van der Waals surface area contributed by atoms with Gasteiger partial charge in [0.05, 0.1) is 20.3 Å². The summed E-state index contributed by atoms with van der Waals surface area (Å²) in [5.41, 5.74) is 0. The Morgan fingerprint density at radius 3 is 2.50 bits per heavy atom. The Morgan fingerprint density at radius 2 is 1.82 bits per heavy atom. The van der Waals surface area contributed by atoms with Crippen LogP contribution in [-0.4, -0.2) is 70.8 Å². The van der Waals surface area contributed by atoms with Crippen LogP contribution in [0.15, 0.2) is 24.3 Å². The lowest BCUT2D eigenvalue weighted by atomic mass is 10.3. The maximum Gasteiger partial charge on any atom is 0.127 e. The molecule has 124 valence electrons. The lowest BCUT2D eigenvalue weighted by molar-refractivity contribution is -1.00. The Balaban J connectivity index is 1.51. The maximum atomic E-state index is 10.0. The number of piperazine rings is 1. The topological polar surface area (TPSA) is 47.6 Å². The molecule has 2 rings (SSSR count). The van der Waals surface area contributed by atoms with Gasteiger partial charge >= 0.3 is 0 Å². The number of aliphatic hydroxyl groups excluding tert-OH is 1. The molecule has 5 nitrogen and oxygen atoms in total. The molecule has 1 fully saturated rings. The van der Waals surface area contributed by atoms with E-state index >= 15 is 0 Å². The van der Waals surface area contributed by atoms with E-state index in [2.05, 4.69) is 7.05 Å². The summed E-state index contributed by atoms with van der Waals surface area (Å²) in [6.45, 7) is 6.70. The van der Waals surface area contributed by atoms with Gasteiger partial charge in [0.15, 0.2) is 0 Å². The van der Waals surface area contributed by atoms with Gasteiger partial charge in [-0.05, 0) is 24.3 Å². The highest BCUT2D eigenvalue weighted by Gasteiger charge is 2.22. The van der Waals surface area contributed by atoms with Gasteiger partial charge in [-0.15, -0.1) is 0 Å². The molecule has 1 saturated heterocycles. The first kappa shape index (κ1) is 17.5. The van der Waals surface area contributed by atoms with Crippen LogP contribution >= 0.6 is 11.6 Å². The van der Waals surface area contributed by atoms with E-state index in [1.807, 2.05) is 12.1 Å². The average molecular weight is 331 g/mol. The van der Waals surface area contributed by atoms with Crippen LogP contribution in [0.1, 0.15) is 0 Å². The normalized spacial score (nSPS) is 23.2. The van der Waals surface area contributed by atoms with Crippen molar-refractivity contribution >= 4 is 11.6 Å². The fourth-order valence-corrected chi connectivity index (χ4v) is 2.72. The maximum absolute atomic E-state index is 10.0. The first-order valence-electron chi connectivity index (χ1n) is 7.92. The summed E-state index contributed by atoms with van der Waals surface area (Å²) in [4.78, 5) is 3.05. The van der Waals surface area contributed by atoms with E-state index in [1.54, 1.807) is 17.0 Å². The molecule has 1 heterocycles. The van der Waals surface area contributed by atoms with Gasteiger partial charge < -0.3 is 24.4 Å². The molecular weight excluding hydrogens is 304 g/mol. The van der Waals surface area contributed by atoms with E-state index < -0.39 is 6.10 Å². The molecule has 0 saturated carbocycles. The molecule has 1 aliphatic heterocycles. The second kappa shape index (κ2) is 9.33. The average Bonchev–Trinajstić information content (AvgIpc) is 2.51. The van der Waals surface area contributed by atoms with Crippen LogP contribution in [0.25, 0.3) is 0 Å². The number of likely N-dealkylation sites (N-methyl/N-ethyl adjacent to an activating group) is 1. The van der Waals surface area contributed by atoms with Gasteiger partial charge in [-0.25, -0.2) is 0 Å². The van der Waals surface area contributed by atoms with E-state index in [-0.39, 0.29) is 0 Å². The van der Waals surface area contributed by atoms with Crippen molar-refractivity contribution in [1.82, 2.24) is 0 Å². The zero-order valence-electron chi connectivity index (χ0n) is 13.2. The van der Waals surface area contributed by atoms with Crippen molar-refractivity contribution in [2.24, 2.45) is 0 Å². The third-order valence-electron chi connectivity index (χ3n) is 3.96. The largest absolute Gasteiger partial charge is 0.491 e. The fraction of sp³-hybridized carbons (Fsp3) is 0.625. The van der Waals surface area contributed by atoms with Gasteiger partial charge in [0.1, 0.15) is 51.2 Å². The number of hydrogen-bond donors (Lipinski definition) is 3. The van der Waals surface area contributed by atoms with Crippen LogP contribution in [-0.2, 0) is 4.74 Å². The summed E-state index contributed by atoms with van der Waals surface area (Å²) >= 11 is 5.81. The van der Waals surface area contributed by atoms with E-state index in [1.165, 1.54) is 18.0 Å². The minimum atomic E-state index is -0.399. The Kier molecular flexibility index (Phi) is 7.42. The molecule has 1 aliphatic rings. The van der Waals surface area contributed by atoms with Crippen LogP contribution in [0, 0.1) is 0 Å². The Labute approximate surface area is 137 Å². The first-order chi connectivity index (χ1) is 10.6. The molecule has 0 radical (unpaired) electrons. The molecule has 0 spiro atoms. The summed E-state index contributed by atoms with van der Waals surface area (Å²) in [6, 6.07) is 7.25. The van der Waals surface area contributed by atoms with Gasteiger partial charge in [0.25, 0.3) is 0 Å². The number of hydrogen-bond acceptors (Lipinski definition) is 3. The standard InChI is InChI=1S/C16H25ClN2O3/c1-18-6-8-19(9-7-18)12-15(20)13-21-10-11-22-16-4-2-14(17)3-5-16/h2-5,15,20H,6-13H2,1H3/p+2/t15-/m0/s1. The van der Waals surface area contributed by atoms with Crippen LogP contribution in [0.5, 0.6) is 5.75 Å². The molecule has 1 atom stereocenters. The smallest absolute Gasteiger partial charge is 0.127 e. The predicted octanol–water partition coefficient (Wildman–Crippen LogP) is -1.49. The Bertz CT molecular complexity index is 422. The van der Waals surface area contributed by atoms with E-state index in [0.717, 1.165) is 25.4 Å². The van der Waals surface area contributed by atoms with Crippen LogP contribution in [0.4, 0.5) is 0 Å². The van der Waals surface area contributed by atoms with E-state index in [0.29, 0.717) is 24.8 Å². The molecule has 0 bridgehead atoms. The van der Waals surface area contributed by atoms with Crippen molar-refractivity contribution in [2.45, 2.75) is 6.10 Å². The highest BCUT2D eigenvalue weighted by molar-refractivity contribution is 6.30. The van der Waals surface area contributed by atoms with Crippen LogP contribution in [0.2, 0.25) is 5.02 Å². The summed E-state index contributed by atoms with van der Waals surface area (Å²) in [7, 11) is 2.22. The molecule has 22 heavy (non-hydrogen) atoms. The number of benzene rings is 1. The van der Waals surface area contributed by atoms with Gasteiger partial charge in [0.2, 0.25) is 0 Å². The van der Waals surface area contributed by atoms with Crippen molar-refractivity contribution in [1.29, 1.82) is 0 Å².